The lowest BCUT2D eigenvalue weighted by atomic mass is 9.89. The topological polar surface area (TPSA) is 29.9 Å². The molecule has 0 spiro atoms. The summed E-state index contributed by atoms with van der Waals surface area (Å²) < 4.78 is 1.76. The van der Waals surface area contributed by atoms with Gasteiger partial charge in [-0.05, 0) is 52.5 Å². The van der Waals surface area contributed by atoms with E-state index in [2.05, 4.69) is 45.0 Å². The molecular weight excluding hydrogens is 258 g/mol. The smallest absolute Gasteiger partial charge is 0.130 e. The summed E-state index contributed by atoms with van der Waals surface area (Å²) >= 11 is 6.30. The number of hydrogen-bond acceptors (Lipinski definition) is 2. The molecule has 0 fully saturated rings. The minimum atomic E-state index is 0.176. The Labute approximate surface area is 122 Å². The number of aryl methyl sites for hydroxylation is 2. The van der Waals surface area contributed by atoms with Crippen molar-refractivity contribution >= 4 is 11.6 Å². The lowest BCUT2D eigenvalue weighted by Crippen LogP contribution is -2.40. The van der Waals surface area contributed by atoms with Gasteiger partial charge in [-0.15, -0.1) is 0 Å². The Morgan fingerprint density at radius 1 is 1.26 bits per heavy atom. The number of nitrogens with zero attached hydrogens (tertiary/aromatic N) is 2. The van der Waals surface area contributed by atoms with E-state index < -0.39 is 0 Å². The molecule has 0 radical (unpaired) electrons. The minimum absolute atomic E-state index is 0.176. The number of nitrogens with one attached hydrogen (secondary N) is 1. The molecule has 1 rings (SSSR count). The largest absolute Gasteiger partial charge is 0.312 e. The summed E-state index contributed by atoms with van der Waals surface area (Å²) in [7, 11) is 1.90. The Hall–Kier alpha value is -0.540. The molecule has 1 aromatic heterocycles. The fourth-order valence-corrected chi connectivity index (χ4v) is 2.35. The third-order valence-corrected chi connectivity index (χ3v) is 4.19. The van der Waals surface area contributed by atoms with Gasteiger partial charge in [0.15, 0.2) is 0 Å². The zero-order valence-corrected chi connectivity index (χ0v) is 14.1. The molecule has 0 saturated heterocycles. The molecule has 110 valence electrons. The van der Waals surface area contributed by atoms with Crippen molar-refractivity contribution in [2.24, 2.45) is 18.9 Å². The molecule has 1 heterocycles. The number of halogens is 1. The summed E-state index contributed by atoms with van der Waals surface area (Å²) in [6.45, 7) is 14.2. The summed E-state index contributed by atoms with van der Waals surface area (Å²) in [5.41, 5.74) is 2.42. The van der Waals surface area contributed by atoms with Gasteiger partial charge in [-0.3, -0.25) is 4.68 Å². The van der Waals surface area contributed by atoms with Crippen LogP contribution < -0.4 is 5.32 Å². The van der Waals surface area contributed by atoms with E-state index in [4.69, 9.17) is 11.6 Å². The molecule has 0 aliphatic heterocycles. The maximum Gasteiger partial charge on any atom is 0.130 e. The van der Waals surface area contributed by atoms with Gasteiger partial charge in [-0.25, -0.2) is 0 Å². The van der Waals surface area contributed by atoms with Crippen LogP contribution in [0.5, 0.6) is 0 Å². The molecule has 0 saturated carbocycles. The Morgan fingerprint density at radius 3 is 2.26 bits per heavy atom. The molecule has 0 aliphatic carbocycles. The van der Waals surface area contributed by atoms with Crippen molar-refractivity contribution in [1.29, 1.82) is 0 Å². The van der Waals surface area contributed by atoms with Gasteiger partial charge < -0.3 is 5.32 Å². The van der Waals surface area contributed by atoms with Gasteiger partial charge >= 0.3 is 0 Å². The summed E-state index contributed by atoms with van der Waals surface area (Å²) in [4.78, 5) is 0. The highest BCUT2D eigenvalue weighted by molar-refractivity contribution is 6.30. The van der Waals surface area contributed by atoms with Crippen LogP contribution in [0.3, 0.4) is 0 Å². The molecular formula is C15H28ClN3. The first kappa shape index (κ1) is 16.5. The van der Waals surface area contributed by atoms with Crippen LogP contribution in [0.2, 0.25) is 5.15 Å². The summed E-state index contributed by atoms with van der Waals surface area (Å²) in [6.07, 6.45) is 0.992. The molecule has 2 unspecified atom stereocenters. The van der Waals surface area contributed by atoms with Gasteiger partial charge in [0.2, 0.25) is 0 Å². The molecule has 0 aliphatic rings. The van der Waals surface area contributed by atoms with E-state index in [1.54, 1.807) is 4.68 Å². The number of rotatable bonds is 5. The van der Waals surface area contributed by atoms with Gasteiger partial charge in [0.25, 0.3) is 0 Å². The third-order valence-electron chi connectivity index (χ3n) is 3.72. The third kappa shape index (κ3) is 4.81. The first-order valence-corrected chi connectivity index (χ1v) is 7.42. The fraction of sp³-hybridized carbons (Fsp3) is 0.800. The zero-order valence-electron chi connectivity index (χ0n) is 13.3. The summed E-state index contributed by atoms with van der Waals surface area (Å²) in [6, 6.07) is 0. The first-order chi connectivity index (χ1) is 8.61. The van der Waals surface area contributed by atoms with Crippen LogP contribution in [-0.2, 0) is 13.5 Å². The molecule has 4 heteroatoms. The molecule has 1 aromatic rings. The molecule has 0 bridgehead atoms. The normalized spacial score (nSPS) is 15.6. The average Bonchev–Trinajstić information content (AvgIpc) is 2.51. The van der Waals surface area contributed by atoms with Crippen molar-refractivity contribution in [2.75, 3.05) is 6.54 Å². The monoisotopic (exact) mass is 285 g/mol. The number of hydrogen-bond donors (Lipinski definition) is 1. The predicted octanol–water partition coefficient (Wildman–Crippen LogP) is 3.58. The highest BCUT2D eigenvalue weighted by Crippen LogP contribution is 2.25. The Bertz CT molecular complexity index is 418. The van der Waals surface area contributed by atoms with Crippen LogP contribution in [0, 0.1) is 18.8 Å². The van der Waals surface area contributed by atoms with Crippen molar-refractivity contribution in [3.8, 4) is 0 Å². The van der Waals surface area contributed by atoms with Gasteiger partial charge in [-0.2, -0.15) is 5.10 Å². The van der Waals surface area contributed by atoms with E-state index in [1.807, 2.05) is 14.0 Å². The van der Waals surface area contributed by atoms with Gasteiger partial charge in [0.1, 0.15) is 5.15 Å². The van der Waals surface area contributed by atoms with Crippen LogP contribution in [0.4, 0.5) is 0 Å². The van der Waals surface area contributed by atoms with Crippen molar-refractivity contribution in [1.82, 2.24) is 15.1 Å². The standard InChI is InChI=1S/C15H28ClN3/c1-10(11(2)9-17-15(4,5)6)8-13-12(3)18-19(7)14(13)16/h10-11,17H,8-9H2,1-7H3. The molecule has 2 atom stereocenters. The Balaban J connectivity index is 2.61. The van der Waals surface area contributed by atoms with Crippen molar-refractivity contribution in [2.45, 2.75) is 53.5 Å². The molecule has 0 aromatic carbocycles. The lowest BCUT2D eigenvalue weighted by Gasteiger charge is -2.26. The van der Waals surface area contributed by atoms with Crippen molar-refractivity contribution in [3.05, 3.63) is 16.4 Å². The summed E-state index contributed by atoms with van der Waals surface area (Å²) in [5.74, 6) is 1.19. The average molecular weight is 286 g/mol. The maximum absolute atomic E-state index is 6.30. The van der Waals surface area contributed by atoms with E-state index in [9.17, 15) is 0 Å². The van der Waals surface area contributed by atoms with Gasteiger partial charge in [0.05, 0.1) is 5.69 Å². The van der Waals surface area contributed by atoms with Crippen LogP contribution in [0.15, 0.2) is 0 Å². The Kier molecular flexibility index (Phi) is 5.45. The Morgan fingerprint density at radius 2 is 1.84 bits per heavy atom. The minimum Gasteiger partial charge on any atom is -0.312 e. The van der Waals surface area contributed by atoms with Crippen LogP contribution in [-0.4, -0.2) is 21.9 Å². The van der Waals surface area contributed by atoms with Crippen LogP contribution in [0.1, 0.15) is 45.9 Å². The van der Waals surface area contributed by atoms with E-state index in [0.29, 0.717) is 11.8 Å². The lowest BCUT2D eigenvalue weighted by molar-refractivity contribution is 0.317. The van der Waals surface area contributed by atoms with E-state index in [0.717, 1.165) is 23.8 Å². The quantitative estimate of drug-likeness (QED) is 0.896. The van der Waals surface area contributed by atoms with Crippen LogP contribution in [0.25, 0.3) is 0 Å². The molecule has 0 amide bonds. The number of aromatic nitrogens is 2. The van der Waals surface area contributed by atoms with E-state index >= 15 is 0 Å². The van der Waals surface area contributed by atoms with Gasteiger partial charge in [-0.1, -0.05) is 25.4 Å². The van der Waals surface area contributed by atoms with E-state index in [1.165, 1.54) is 5.56 Å². The highest BCUT2D eigenvalue weighted by Gasteiger charge is 2.20. The predicted molar refractivity (Wildman–Crippen MR) is 82.7 cm³/mol. The second kappa shape index (κ2) is 6.27. The summed E-state index contributed by atoms with van der Waals surface area (Å²) in [5, 5.41) is 8.72. The molecule has 19 heavy (non-hydrogen) atoms. The van der Waals surface area contributed by atoms with Crippen LogP contribution >= 0.6 is 11.6 Å². The SMILES string of the molecule is Cc1nn(C)c(Cl)c1CC(C)C(C)CNC(C)(C)C. The zero-order chi connectivity index (χ0) is 14.8. The molecule has 3 nitrogen and oxygen atoms in total. The van der Waals surface area contributed by atoms with E-state index in [-0.39, 0.29) is 5.54 Å². The molecule has 1 N–H and O–H groups in total. The highest BCUT2D eigenvalue weighted by atomic mass is 35.5. The second-order valence-corrected chi connectivity index (χ2v) is 7.13. The maximum atomic E-state index is 6.30. The second-order valence-electron chi connectivity index (χ2n) is 6.77. The van der Waals surface area contributed by atoms with Crippen molar-refractivity contribution < 1.29 is 0 Å². The van der Waals surface area contributed by atoms with Gasteiger partial charge in [0, 0.05) is 18.2 Å². The fourth-order valence-electron chi connectivity index (χ4n) is 2.10. The first-order valence-electron chi connectivity index (χ1n) is 7.05. The van der Waals surface area contributed by atoms with Crippen molar-refractivity contribution in [3.63, 3.8) is 0 Å².